The third-order valence-corrected chi connectivity index (χ3v) is 3.52. The number of rotatable bonds is 6. The third kappa shape index (κ3) is 3.35. The van der Waals surface area contributed by atoms with Gasteiger partial charge in [-0.2, -0.15) is 4.98 Å². The number of hydrogen-bond donors (Lipinski definition) is 1. The van der Waals surface area contributed by atoms with Crippen LogP contribution in [-0.4, -0.2) is 31.7 Å². The predicted molar refractivity (Wildman–Crippen MR) is 92.7 cm³/mol. The summed E-state index contributed by atoms with van der Waals surface area (Å²) in [5, 5.41) is 3.51. The van der Waals surface area contributed by atoms with Gasteiger partial charge in [-0.25, -0.2) is 0 Å². The molecule has 7 heteroatoms. The zero-order chi connectivity index (χ0) is 17.8. The van der Waals surface area contributed by atoms with Crippen molar-refractivity contribution in [2.75, 3.05) is 26.1 Å². The summed E-state index contributed by atoms with van der Waals surface area (Å²) in [7, 11) is 2.97. The molecule has 3 rings (SSSR count). The van der Waals surface area contributed by atoms with Crippen molar-refractivity contribution in [3.63, 3.8) is 0 Å². The normalized spacial score (nSPS) is 10.5. The van der Waals surface area contributed by atoms with E-state index in [9.17, 15) is 4.79 Å². The van der Waals surface area contributed by atoms with Gasteiger partial charge in [0, 0.05) is 11.5 Å². The highest BCUT2D eigenvalue weighted by Crippen LogP contribution is 2.30. The molecular weight excluding hydrogens is 324 g/mol. The van der Waals surface area contributed by atoms with Gasteiger partial charge in [0.15, 0.2) is 17.1 Å². The lowest BCUT2D eigenvalue weighted by Gasteiger charge is -2.09. The number of benzene rings is 1. The summed E-state index contributed by atoms with van der Waals surface area (Å²) < 4.78 is 21.4. The van der Waals surface area contributed by atoms with E-state index in [2.05, 4.69) is 10.3 Å². The maximum atomic E-state index is 12.5. The summed E-state index contributed by atoms with van der Waals surface area (Å²) in [5.41, 5.74) is 0.952. The zero-order valence-corrected chi connectivity index (χ0v) is 14.2. The number of carbonyl (C=O) groups is 1. The first-order valence-corrected chi connectivity index (χ1v) is 7.72. The van der Waals surface area contributed by atoms with Crippen molar-refractivity contribution in [2.24, 2.45) is 0 Å². The summed E-state index contributed by atoms with van der Waals surface area (Å²) >= 11 is 0. The molecule has 0 fully saturated rings. The second kappa shape index (κ2) is 7.12. The molecule has 130 valence electrons. The number of fused-ring (bicyclic) bond motifs is 1. The van der Waals surface area contributed by atoms with Crippen LogP contribution >= 0.6 is 0 Å². The van der Waals surface area contributed by atoms with Crippen LogP contribution in [0.2, 0.25) is 0 Å². The van der Waals surface area contributed by atoms with Crippen LogP contribution in [0, 0.1) is 0 Å². The van der Waals surface area contributed by atoms with Gasteiger partial charge in [0.05, 0.1) is 20.8 Å². The van der Waals surface area contributed by atoms with Crippen molar-refractivity contribution in [3.05, 3.63) is 42.2 Å². The lowest BCUT2D eigenvalue weighted by atomic mass is 10.2. The molecule has 0 radical (unpaired) electrons. The average molecular weight is 342 g/mol. The SMILES string of the molecule is CCOc1cccc2cc(C(=O)Nc3ccc(OC)nc3OC)oc12. The molecule has 0 aliphatic rings. The van der Waals surface area contributed by atoms with Gasteiger partial charge in [0.25, 0.3) is 5.91 Å². The number of para-hydroxylation sites is 1. The molecule has 0 atom stereocenters. The highest BCUT2D eigenvalue weighted by molar-refractivity contribution is 6.05. The van der Waals surface area contributed by atoms with Crippen LogP contribution in [0.15, 0.2) is 40.8 Å². The fourth-order valence-corrected chi connectivity index (χ4v) is 2.39. The van der Waals surface area contributed by atoms with E-state index in [1.54, 1.807) is 24.3 Å². The fraction of sp³-hybridized carbons (Fsp3) is 0.222. The zero-order valence-electron chi connectivity index (χ0n) is 14.2. The second-order valence-electron chi connectivity index (χ2n) is 5.08. The Morgan fingerprint density at radius 1 is 1.20 bits per heavy atom. The number of methoxy groups -OCH3 is 2. The molecule has 0 saturated carbocycles. The maximum absolute atomic E-state index is 12.5. The molecule has 7 nitrogen and oxygen atoms in total. The Morgan fingerprint density at radius 2 is 2.04 bits per heavy atom. The van der Waals surface area contributed by atoms with E-state index in [0.29, 0.717) is 29.5 Å². The van der Waals surface area contributed by atoms with Gasteiger partial charge < -0.3 is 23.9 Å². The van der Waals surface area contributed by atoms with Gasteiger partial charge in [-0.1, -0.05) is 12.1 Å². The Bertz CT molecular complexity index is 904. The molecule has 1 aromatic carbocycles. The molecule has 0 aliphatic heterocycles. The monoisotopic (exact) mass is 342 g/mol. The van der Waals surface area contributed by atoms with Crippen molar-refractivity contribution >= 4 is 22.6 Å². The van der Waals surface area contributed by atoms with Crippen LogP contribution in [0.3, 0.4) is 0 Å². The van der Waals surface area contributed by atoms with Crippen LogP contribution < -0.4 is 19.5 Å². The quantitative estimate of drug-likeness (QED) is 0.738. The van der Waals surface area contributed by atoms with Gasteiger partial charge in [-0.15, -0.1) is 0 Å². The molecule has 1 N–H and O–H groups in total. The van der Waals surface area contributed by atoms with Crippen molar-refractivity contribution in [1.29, 1.82) is 0 Å². The molecule has 2 heterocycles. The van der Waals surface area contributed by atoms with E-state index < -0.39 is 5.91 Å². The molecule has 0 unspecified atom stereocenters. The third-order valence-electron chi connectivity index (χ3n) is 3.52. The number of carbonyl (C=O) groups excluding carboxylic acids is 1. The maximum Gasteiger partial charge on any atom is 0.291 e. The molecule has 0 bridgehead atoms. The van der Waals surface area contributed by atoms with Crippen molar-refractivity contribution < 1.29 is 23.4 Å². The van der Waals surface area contributed by atoms with E-state index in [1.165, 1.54) is 14.2 Å². The van der Waals surface area contributed by atoms with Crippen LogP contribution in [0.1, 0.15) is 17.5 Å². The van der Waals surface area contributed by atoms with Crippen LogP contribution in [0.25, 0.3) is 11.0 Å². The van der Waals surface area contributed by atoms with Crippen molar-refractivity contribution in [2.45, 2.75) is 6.92 Å². The Kier molecular flexibility index (Phi) is 4.74. The minimum Gasteiger partial charge on any atom is -0.490 e. The minimum absolute atomic E-state index is 0.167. The molecule has 1 amide bonds. The second-order valence-corrected chi connectivity index (χ2v) is 5.08. The average Bonchev–Trinajstić information content (AvgIpc) is 3.07. The highest BCUT2D eigenvalue weighted by atomic mass is 16.5. The number of hydrogen-bond acceptors (Lipinski definition) is 6. The lowest BCUT2D eigenvalue weighted by molar-refractivity contribution is 0.0998. The van der Waals surface area contributed by atoms with Crippen LogP contribution in [-0.2, 0) is 0 Å². The summed E-state index contributed by atoms with van der Waals surface area (Å²) in [5.74, 6) is 0.991. The summed E-state index contributed by atoms with van der Waals surface area (Å²) in [6, 6.07) is 10.4. The predicted octanol–water partition coefficient (Wildman–Crippen LogP) is 3.50. The van der Waals surface area contributed by atoms with E-state index in [4.69, 9.17) is 18.6 Å². The lowest BCUT2D eigenvalue weighted by Crippen LogP contribution is -2.12. The number of anilines is 1. The van der Waals surface area contributed by atoms with Crippen molar-refractivity contribution in [1.82, 2.24) is 4.98 Å². The molecule has 0 aliphatic carbocycles. The standard InChI is InChI=1S/C18H18N2O5/c1-4-24-13-7-5-6-11-10-14(25-16(11)13)17(21)19-12-8-9-15(22-2)20-18(12)23-3/h5-10H,4H2,1-3H3,(H,19,21). The smallest absolute Gasteiger partial charge is 0.291 e. The largest absolute Gasteiger partial charge is 0.490 e. The van der Waals surface area contributed by atoms with Crippen LogP contribution in [0.4, 0.5) is 5.69 Å². The van der Waals surface area contributed by atoms with Gasteiger partial charge in [-0.05, 0) is 25.1 Å². The summed E-state index contributed by atoms with van der Waals surface area (Å²) in [6.45, 7) is 2.40. The van der Waals surface area contributed by atoms with E-state index in [-0.39, 0.29) is 11.6 Å². The Labute approximate surface area is 144 Å². The summed E-state index contributed by atoms with van der Waals surface area (Å²) in [6.07, 6.45) is 0. The molecule has 0 saturated heterocycles. The highest BCUT2D eigenvalue weighted by Gasteiger charge is 2.17. The van der Waals surface area contributed by atoms with Gasteiger partial charge in [-0.3, -0.25) is 4.79 Å². The minimum atomic E-state index is -0.413. The number of ether oxygens (including phenoxy) is 3. The van der Waals surface area contributed by atoms with E-state index in [0.717, 1.165) is 5.39 Å². The Hall–Kier alpha value is -3.22. The number of amides is 1. The van der Waals surface area contributed by atoms with Crippen molar-refractivity contribution in [3.8, 4) is 17.5 Å². The van der Waals surface area contributed by atoms with E-state index in [1.807, 2.05) is 19.1 Å². The molecular formula is C18H18N2O5. The first-order chi connectivity index (χ1) is 12.2. The van der Waals surface area contributed by atoms with Gasteiger partial charge in [0.2, 0.25) is 11.8 Å². The molecule has 3 aromatic rings. The number of pyridine rings is 1. The topological polar surface area (TPSA) is 82.8 Å². The summed E-state index contributed by atoms with van der Waals surface area (Å²) in [4.78, 5) is 16.6. The van der Waals surface area contributed by atoms with Gasteiger partial charge in [0.1, 0.15) is 5.69 Å². The van der Waals surface area contributed by atoms with E-state index >= 15 is 0 Å². The number of nitrogens with one attached hydrogen (secondary N) is 1. The van der Waals surface area contributed by atoms with Gasteiger partial charge >= 0.3 is 0 Å². The molecule has 0 spiro atoms. The Morgan fingerprint density at radius 3 is 2.76 bits per heavy atom. The number of nitrogens with zero attached hydrogens (tertiary/aromatic N) is 1. The Balaban J connectivity index is 1.89. The first-order valence-electron chi connectivity index (χ1n) is 7.72. The first kappa shape index (κ1) is 16.6. The number of furan rings is 1. The van der Waals surface area contributed by atoms with Crippen LogP contribution in [0.5, 0.6) is 17.5 Å². The number of aromatic nitrogens is 1. The fourth-order valence-electron chi connectivity index (χ4n) is 2.39. The molecule has 25 heavy (non-hydrogen) atoms. The molecule has 2 aromatic heterocycles.